The first kappa shape index (κ1) is 16.3. The van der Waals surface area contributed by atoms with Crippen LogP contribution >= 0.6 is 0 Å². The summed E-state index contributed by atoms with van der Waals surface area (Å²) in [7, 11) is 1.63. The van der Waals surface area contributed by atoms with Gasteiger partial charge in [0.1, 0.15) is 5.75 Å². The highest BCUT2D eigenvalue weighted by Crippen LogP contribution is 2.12. The summed E-state index contributed by atoms with van der Waals surface area (Å²) in [5.74, 6) is 0.951. The minimum atomic E-state index is -0.00922. The molecule has 0 radical (unpaired) electrons. The number of amides is 2. The zero-order valence-electron chi connectivity index (χ0n) is 13.1. The van der Waals surface area contributed by atoms with E-state index in [0.29, 0.717) is 25.8 Å². The van der Waals surface area contributed by atoms with Gasteiger partial charge in [-0.15, -0.1) is 0 Å². The Labute approximate surface area is 131 Å². The molecule has 1 fully saturated rings. The first-order valence-corrected chi connectivity index (χ1v) is 7.86. The van der Waals surface area contributed by atoms with Gasteiger partial charge in [0, 0.05) is 32.5 Å². The van der Waals surface area contributed by atoms with E-state index in [2.05, 4.69) is 5.32 Å². The Kier molecular flexibility index (Phi) is 6.25. The number of likely N-dealkylation sites (tertiary alicyclic amines) is 1. The van der Waals surface area contributed by atoms with Crippen LogP contribution in [0, 0.1) is 0 Å². The quantitative estimate of drug-likeness (QED) is 0.835. The van der Waals surface area contributed by atoms with E-state index in [1.54, 1.807) is 7.11 Å². The predicted octanol–water partition coefficient (Wildman–Crippen LogP) is 1.76. The molecule has 0 atom stereocenters. The van der Waals surface area contributed by atoms with E-state index in [0.717, 1.165) is 37.2 Å². The van der Waals surface area contributed by atoms with E-state index in [9.17, 15) is 9.59 Å². The molecule has 1 aliphatic heterocycles. The van der Waals surface area contributed by atoms with E-state index in [-0.39, 0.29) is 11.8 Å². The highest BCUT2D eigenvalue weighted by Gasteiger charge is 2.17. The molecule has 0 saturated carbocycles. The van der Waals surface area contributed by atoms with Gasteiger partial charge in [-0.3, -0.25) is 9.59 Å². The molecule has 5 nitrogen and oxygen atoms in total. The van der Waals surface area contributed by atoms with Gasteiger partial charge in [0.25, 0.3) is 0 Å². The van der Waals surface area contributed by atoms with Crippen LogP contribution < -0.4 is 10.1 Å². The van der Waals surface area contributed by atoms with Crippen molar-refractivity contribution in [2.24, 2.45) is 0 Å². The smallest absolute Gasteiger partial charge is 0.224 e. The maximum atomic E-state index is 11.8. The zero-order valence-corrected chi connectivity index (χ0v) is 13.1. The van der Waals surface area contributed by atoms with Crippen molar-refractivity contribution in [1.82, 2.24) is 10.2 Å². The van der Waals surface area contributed by atoms with Crippen molar-refractivity contribution < 1.29 is 14.3 Å². The molecule has 1 N–H and O–H groups in total. The van der Waals surface area contributed by atoms with Crippen molar-refractivity contribution in [2.45, 2.75) is 32.1 Å². The van der Waals surface area contributed by atoms with Crippen LogP contribution in [0.5, 0.6) is 5.75 Å². The van der Waals surface area contributed by atoms with Gasteiger partial charge in [0.05, 0.1) is 7.11 Å². The number of ether oxygens (including phenoxy) is 1. The Morgan fingerprint density at radius 2 is 1.82 bits per heavy atom. The maximum Gasteiger partial charge on any atom is 0.224 e. The van der Waals surface area contributed by atoms with Crippen LogP contribution in [-0.2, 0) is 16.0 Å². The Balaban J connectivity index is 1.61. The Morgan fingerprint density at radius 1 is 1.14 bits per heavy atom. The zero-order chi connectivity index (χ0) is 15.8. The fourth-order valence-corrected chi connectivity index (χ4v) is 2.57. The summed E-state index contributed by atoms with van der Waals surface area (Å²) in [5, 5.41) is 2.82. The number of carbonyl (C=O) groups is 2. The van der Waals surface area contributed by atoms with Gasteiger partial charge in [-0.05, 0) is 37.0 Å². The summed E-state index contributed by atoms with van der Waals surface area (Å²) >= 11 is 0. The Hall–Kier alpha value is -2.04. The van der Waals surface area contributed by atoms with Gasteiger partial charge < -0.3 is 15.0 Å². The number of aryl methyl sites for hydroxylation is 1. The number of carbonyl (C=O) groups excluding carboxylic acids is 2. The molecule has 0 aliphatic carbocycles. The topological polar surface area (TPSA) is 58.6 Å². The molecular weight excluding hydrogens is 280 g/mol. The highest BCUT2D eigenvalue weighted by atomic mass is 16.5. The summed E-state index contributed by atoms with van der Waals surface area (Å²) in [5.41, 5.74) is 1.10. The molecule has 1 aromatic carbocycles. The summed E-state index contributed by atoms with van der Waals surface area (Å²) in [6, 6.07) is 7.70. The number of nitrogens with zero attached hydrogens (tertiary/aromatic N) is 1. The monoisotopic (exact) mass is 304 g/mol. The second-order valence-corrected chi connectivity index (χ2v) is 5.54. The molecule has 0 aromatic heterocycles. The molecule has 0 spiro atoms. The van der Waals surface area contributed by atoms with Gasteiger partial charge in [0.15, 0.2) is 0 Å². The SMILES string of the molecule is COc1ccc(CCC(=O)NCCC(=O)N2CCCC2)cc1. The first-order chi connectivity index (χ1) is 10.7. The van der Waals surface area contributed by atoms with E-state index in [4.69, 9.17) is 4.74 Å². The lowest BCUT2D eigenvalue weighted by Crippen LogP contribution is -2.32. The largest absolute Gasteiger partial charge is 0.497 e. The number of benzene rings is 1. The molecule has 120 valence electrons. The Morgan fingerprint density at radius 3 is 2.45 bits per heavy atom. The van der Waals surface area contributed by atoms with Crippen molar-refractivity contribution in [3.63, 3.8) is 0 Å². The van der Waals surface area contributed by atoms with Gasteiger partial charge in [-0.1, -0.05) is 12.1 Å². The summed E-state index contributed by atoms with van der Waals surface area (Å²) in [6.45, 7) is 2.16. The Bertz CT molecular complexity index is 493. The lowest BCUT2D eigenvalue weighted by molar-refractivity contribution is -0.130. The van der Waals surface area contributed by atoms with Gasteiger partial charge in [0.2, 0.25) is 11.8 Å². The second-order valence-electron chi connectivity index (χ2n) is 5.54. The van der Waals surface area contributed by atoms with Crippen LogP contribution in [0.3, 0.4) is 0 Å². The molecule has 5 heteroatoms. The molecule has 2 rings (SSSR count). The van der Waals surface area contributed by atoms with Crippen LogP contribution in [0.1, 0.15) is 31.2 Å². The lowest BCUT2D eigenvalue weighted by Gasteiger charge is -2.15. The molecule has 1 heterocycles. The van der Waals surface area contributed by atoms with Crippen molar-refractivity contribution >= 4 is 11.8 Å². The fraction of sp³-hybridized carbons (Fsp3) is 0.529. The second kappa shape index (κ2) is 8.41. The van der Waals surface area contributed by atoms with Crippen molar-refractivity contribution in [3.8, 4) is 5.75 Å². The van der Waals surface area contributed by atoms with Crippen LogP contribution in [0.25, 0.3) is 0 Å². The third-order valence-corrected chi connectivity index (χ3v) is 3.92. The minimum Gasteiger partial charge on any atom is -0.497 e. The molecule has 1 saturated heterocycles. The highest BCUT2D eigenvalue weighted by molar-refractivity contribution is 5.79. The molecule has 0 unspecified atom stereocenters. The van der Waals surface area contributed by atoms with Gasteiger partial charge in [-0.25, -0.2) is 0 Å². The average molecular weight is 304 g/mol. The van der Waals surface area contributed by atoms with Crippen molar-refractivity contribution in [3.05, 3.63) is 29.8 Å². The van der Waals surface area contributed by atoms with Crippen LogP contribution in [0.2, 0.25) is 0 Å². The number of hydrogen-bond donors (Lipinski definition) is 1. The van der Waals surface area contributed by atoms with Crippen molar-refractivity contribution in [1.29, 1.82) is 0 Å². The molecule has 0 bridgehead atoms. The van der Waals surface area contributed by atoms with Crippen LogP contribution in [-0.4, -0.2) is 43.5 Å². The third-order valence-electron chi connectivity index (χ3n) is 3.92. The van der Waals surface area contributed by atoms with Crippen LogP contribution in [0.4, 0.5) is 0 Å². The van der Waals surface area contributed by atoms with Crippen LogP contribution in [0.15, 0.2) is 24.3 Å². The van der Waals surface area contributed by atoms with E-state index in [1.807, 2.05) is 29.2 Å². The molecule has 1 aromatic rings. The number of methoxy groups -OCH3 is 1. The average Bonchev–Trinajstić information content (AvgIpc) is 3.08. The normalized spacial score (nSPS) is 14.0. The van der Waals surface area contributed by atoms with Gasteiger partial charge >= 0.3 is 0 Å². The molecular formula is C17H24N2O3. The lowest BCUT2D eigenvalue weighted by atomic mass is 10.1. The first-order valence-electron chi connectivity index (χ1n) is 7.86. The number of hydrogen-bond acceptors (Lipinski definition) is 3. The predicted molar refractivity (Wildman–Crippen MR) is 84.8 cm³/mol. The number of rotatable bonds is 7. The summed E-state index contributed by atoms with van der Waals surface area (Å²) in [6.07, 6.45) is 3.72. The summed E-state index contributed by atoms with van der Waals surface area (Å²) in [4.78, 5) is 25.5. The summed E-state index contributed by atoms with van der Waals surface area (Å²) < 4.78 is 5.10. The third kappa shape index (κ3) is 5.06. The standard InChI is InChI=1S/C17H24N2O3/c1-22-15-7-4-14(5-8-15)6-9-16(20)18-11-10-17(21)19-12-2-3-13-19/h4-5,7-8H,2-3,6,9-13H2,1H3,(H,18,20). The van der Waals surface area contributed by atoms with Crippen molar-refractivity contribution in [2.75, 3.05) is 26.7 Å². The molecule has 2 amide bonds. The van der Waals surface area contributed by atoms with Gasteiger partial charge in [-0.2, -0.15) is 0 Å². The minimum absolute atomic E-state index is 0.00922. The van der Waals surface area contributed by atoms with E-state index < -0.39 is 0 Å². The van der Waals surface area contributed by atoms with E-state index >= 15 is 0 Å². The van der Waals surface area contributed by atoms with E-state index in [1.165, 1.54) is 0 Å². The number of nitrogens with one attached hydrogen (secondary N) is 1. The maximum absolute atomic E-state index is 11.8. The molecule has 1 aliphatic rings. The fourth-order valence-electron chi connectivity index (χ4n) is 2.57. The molecule has 22 heavy (non-hydrogen) atoms.